The predicted octanol–water partition coefficient (Wildman–Crippen LogP) is 3.72. The molecule has 6 heteroatoms. The number of carbonyl (C=O) groups is 2. The summed E-state index contributed by atoms with van der Waals surface area (Å²) < 4.78 is 10.2. The number of anilines is 1. The second kappa shape index (κ2) is 8.43. The summed E-state index contributed by atoms with van der Waals surface area (Å²) in [6, 6.07) is 10.3. The van der Waals surface area contributed by atoms with Crippen molar-refractivity contribution >= 4 is 29.3 Å². The third-order valence-electron chi connectivity index (χ3n) is 3.09. The molecule has 1 atom stereocenters. The Morgan fingerprint density at radius 1 is 1.26 bits per heavy atom. The van der Waals surface area contributed by atoms with E-state index in [2.05, 4.69) is 5.32 Å². The number of ether oxygens (including phenoxy) is 1. The van der Waals surface area contributed by atoms with Gasteiger partial charge in [0, 0.05) is 5.69 Å². The molecule has 1 aromatic carbocycles. The lowest BCUT2D eigenvalue weighted by Gasteiger charge is -2.11. The van der Waals surface area contributed by atoms with Crippen LogP contribution in [-0.4, -0.2) is 23.7 Å². The number of amides is 1. The van der Waals surface area contributed by atoms with E-state index < -0.39 is 0 Å². The van der Waals surface area contributed by atoms with Crippen LogP contribution >= 0.6 is 11.8 Å². The molecular formula is C17H19NO4S. The molecule has 0 aliphatic rings. The Morgan fingerprint density at radius 3 is 2.61 bits per heavy atom. The van der Waals surface area contributed by atoms with Crippen LogP contribution in [0.4, 0.5) is 5.69 Å². The van der Waals surface area contributed by atoms with Gasteiger partial charge in [0.1, 0.15) is 5.76 Å². The highest BCUT2D eigenvalue weighted by Gasteiger charge is 2.14. The van der Waals surface area contributed by atoms with Gasteiger partial charge in [-0.15, -0.1) is 11.8 Å². The van der Waals surface area contributed by atoms with E-state index >= 15 is 0 Å². The molecule has 1 amide bonds. The lowest BCUT2D eigenvalue weighted by atomic mass is 10.2. The molecule has 1 unspecified atom stereocenters. The number of hydrogen-bond donors (Lipinski definition) is 1. The van der Waals surface area contributed by atoms with Crippen LogP contribution in [0.3, 0.4) is 0 Å². The number of rotatable bonds is 7. The number of furan rings is 1. The predicted molar refractivity (Wildman–Crippen MR) is 90.5 cm³/mol. The van der Waals surface area contributed by atoms with Crippen molar-refractivity contribution in [3.8, 4) is 0 Å². The highest BCUT2D eigenvalue weighted by molar-refractivity contribution is 7.99. The molecule has 1 N–H and O–H groups in total. The zero-order chi connectivity index (χ0) is 16.7. The second-order valence-corrected chi connectivity index (χ2v) is 6.15. The summed E-state index contributed by atoms with van der Waals surface area (Å²) in [5.41, 5.74) is 1.11. The van der Waals surface area contributed by atoms with E-state index in [4.69, 9.17) is 9.15 Å². The summed E-state index contributed by atoms with van der Waals surface area (Å²) in [5.74, 6) is 1.02. The SMILES string of the molecule is CCOC(=O)c1ccc(NC(=O)C(C)SCc2ccco2)cc1. The highest BCUT2D eigenvalue weighted by Crippen LogP contribution is 2.20. The van der Waals surface area contributed by atoms with Gasteiger partial charge in [-0.05, 0) is 50.2 Å². The van der Waals surface area contributed by atoms with E-state index in [9.17, 15) is 9.59 Å². The Morgan fingerprint density at radius 2 is 2.00 bits per heavy atom. The van der Waals surface area contributed by atoms with Crippen LogP contribution in [-0.2, 0) is 15.3 Å². The molecule has 0 bridgehead atoms. The molecule has 0 radical (unpaired) electrons. The quantitative estimate of drug-likeness (QED) is 0.782. The molecule has 5 nitrogen and oxygen atoms in total. The Balaban J connectivity index is 1.85. The number of nitrogens with one attached hydrogen (secondary N) is 1. The van der Waals surface area contributed by atoms with Crippen molar-refractivity contribution in [3.05, 3.63) is 54.0 Å². The van der Waals surface area contributed by atoms with Gasteiger partial charge in [-0.3, -0.25) is 4.79 Å². The fourth-order valence-electron chi connectivity index (χ4n) is 1.83. The maximum atomic E-state index is 12.1. The topological polar surface area (TPSA) is 68.5 Å². The van der Waals surface area contributed by atoms with Crippen molar-refractivity contribution < 1.29 is 18.7 Å². The fourth-order valence-corrected chi connectivity index (χ4v) is 2.61. The van der Waals surface area contributed by atoms with E-state index in [1.54, 1.807) is 37.5 Å². The van der Waals surface area contributed by atoms with E-state index in [0.29, 0.717) is 23.6 Å². The first-order chi connectivity index (χ1) is 11.1. The van der Waals surface area contributed by atoms with Gasteiger partial charge < -0.3 is 14.5 Å². The van der Waals surface area contributed by atoms with Crippen LogP contribution < -0.4 is 5.32 Å². The van der Waals surface area contributed by atoms with E-state index in [0.717, 1.165) is 5.76 Å². The highest BCUT2D eigenvalue weighted by atomic mass is 32.2. The van der Waals surface area contributed by atoms with Crippen LogP contribution in [0.5, 0.6) is 0 Å². The first-order valence-electron chi connectivity index (χ1n) is 7.32. The summed E-state index contributed by atoms with van der Waals surface area (Å²) in [5, 5.41) is 2.61. The zero-order valence-corrected chi connectivity index (χ0v) is 13.9. The minimum Gasteiger partial charge on any atom is -0.468 e. The summed E-state index contributed by atoms with van der Waals surface area (Å²) in [6.07, 6.45) is 1.62. The first kappa shape index (κ1) is 17.1. The van der Waals surface area contributed by atoms with Gasteiger partial charge in [0.2, 0.25) is 5.91 Å². The molecule has 0 fully saturated rings. The van der Waals surface area contributed by atoms with E-state index in [-0.39, 0.29) is 17.1 Å². The van der Waals surface area contributed by atoms with Gasteiger partial charge in [0.15, 0.2) is 0 Å². The monoisotopic (exact) mass is 333 g/mol. The van der Waals surface area contributed by atoms with Crippen molar-refractivity contribution in [1.82, 2.24) is 0 Å². The van der Waals surface area contributed by atoms with Gasteiger partial charge in [-0.2, -0.15) is 0 Å². The Hall–Kier alpha value is -2.21. The van der Waals surface area contributed by atoms with Gasteiger partial charge >= 0.3 is 5.97 Å². The summed E-state index contributed by atoms with van der Waals surface area (Å²) >= 11 is 1.50. The van der Waals surface area contributed by atoms with Crippen molar-refractivity contribution in [3.63, 3.8) is 0 Å². The molecule has 0 aliphatic carbocycles. The molecule has 0 aliphatic heterocycles. The smallest absolute Gasteiger partial charge is 0.338 e. The van der Waals surface area contributed by atoms with Crippen molar-refractivity contribution in [2.45, 2.75) is 24.9 Å². The lowest BCUT2D eigenvalue weighted by molar-refractivity contribution is -0.115. The van der Waals surface area contributed by atoms with Gasteiger partial charge in [-0.25, -0.2) is 4.79 Å². The summed E-state index contributed by atoms with van der Waals surface area (Å²) in [6.45, 7) is 3.94. The van der Waals surface area contributed by atoms with E-state index in [1.165, 1.54) is 11.8 Å². The van der Waals surface area contributed by atoms with Crippen molar-refractivity contribution in [2.75, 3.05) is 11.9 Å². The summed E-state index contributed by atoms with van der Waals surface area (Å²) in [4.78, 5) is 23.7. The van der Waals surface area contributed by atoms with Gasteiger partial charge in [0.05, 0.1) is 29.4 Å². The maximum absolute atomic E-state index is 12.1. The Bertz CT molecular complexity index is 637. The maximum Gasteiger partial charge on any atom is 0.338 e. The van der Waals surface area contributed by atoms with Crippen LogP contribution in [0.25, 0.3) is 0 Å². The Kier molecular flexibility index (Phi) is 6.29. The number of thioether (sulfide) groups is 1. The molecule has 0 saturated heterocycles. The minimum atomic E-state index is -0.368. The largest absolute Gasteiger partial charge is 0.468 e. The molecule has 2 aromatic rings. The molecule has 0 saturated carbocycles. The van der Waals surface area contributed by atoms with E-state index in [1.807, 2.05) is 19.1 Å². The number of esters is 1. The van der Waals surface area contributed by atoms with Crippen LogP contribution in [0.2, 0.25) is 0 Å². The lowest BCUT2D eigenvalue weighted by Crippen LogP contribution is -2.22. The van der Waals surface area contributed by atoms with Crippen LogP contribution in [0.15, 0.2) is 47.1 Å². The van der Waals surface area contributed by atoms with Gasteiger partial charge in [0.25, 0.3) is 0 Å². The molecule has 122 valence electrons. The molecule has 1 aromatic heterocycles. The van der Waals surface area contributed by atoms with Crippen LogP contribution in [0.1, 0.15) is 30.0 Å². The first-order valence-corrected chi connectivity index (χ1v) is 8.37. The third kappa shape index (κ3) is 5.17. The standard InChI is InChI=1S/C17H19NO4S/c1-3-21-17(20)13-6-8-14(9-7-13)18-16(19)12(2)23-11-15-5-4-10-22-15/h4-10,12H,3,11H2,1-2H3,(H,18,19). The third-order valence-corrected chi connectivity index (χ3v) is 4.25. The number of benzene rings is 1. The average Bonchev–Trinajstić information content (AvgIpc) is 3.07. The summed E-state index contributed by atoms with van der Waals surface area (Å²) in [7, 11) is 0. The molecule has 23 heavy (non-hydrogen) atoms. The molecule has 1 heterocycles. The van der Waals surface area contributed by atoms with Crippen molar-refractivity contribution in [2.24, 2.45) is 0 Å². The Labute approximate surface area is 139 Å². The zero-order valence-electron chi connectivity index (χ0n) is 13.1. The number of carbonyl (C=O) groups excluding carboxylic acids is 2. The molecular weight excluding hydrogens is 314 g/mol. The number of hydrogen-bond acceptors (Lipinski definition) is 5. The average molecular weight is 333 g/mol. The minimum absolute atomic E-state index is 0.0922. The second-order valence-electron chi connectivity index (χ2n) is 4.82. The molecule has 0 spiro atoms. The van der Waals surface area contributed by atoms with Crippen molar-refractivity contribution in [1.29, 1.82) is 0 Å². The normalized spacial score (nSPS) is 11.7. The van der Waals surface area contributed by atoms with Crippen LogP contribution in [0, 0.1) is 0 Å². The molecule has 2 rings (SSSR count). The van der Waals surface area contributed by atoms with Gasteiger partial charge in [-0.1, -0.05) is 0 Å². The fraction of sp³-hybridized carbons (Fsp3) is 0.294.